The molecule has 102 valence electrons. The molecule has 1 aromatic carbocycles. The number of rotatable bonds is 6. The Hall–Kier alpha value is -2.48. The summed E-state index contributed by atoms with van der Waals surface area (Å²) in [6.07, 6.45) is -0.203. The van der Waals surface area contributed by atoms with Crippen molar-refractivity contribution in [2.45, 2.75) is 12.5 Å². The number of carbonyl (C=O) groups excluding carboxylic acids is 1. The highest BCUT2D eigenvalue weighted by atomic mass is 16.6. The maximum absolute atomic E-state index is 11.5. The molecule has 8 nitrogen and oxygen atoms in total. The Balaban J connectivity index is 2.69. The second-order valence-electron chi connectivity index (χ2n) is 3.74. The van der Waals surface area contributed by atoms with Gasteiger partial charge in [0.15, 0.2) is 0 Å². The smallest absolute Gasteiger partial charge is 0.328 e. The number of nitrogens with one attached hydrogen (secondary N) is 1. The molecule has 1 aromatic rings. The maximum atomic E-state index is 11.5. The number of benzene rings is 1. The third kappa shape index (κ3) is 4.36. The number of aliphatic hydroxyl groups is 1. The van der Waals surface area contributed by atoms with Crippen LogP contribution in [0, 0.1) is 10.1 Å². The predicted octanol–water partition coefficient (Wildman–Crippen LogP) is -0.301. The van der Waals surface area contributed by atoms with Crippen LogP contribution in [-0.2, 0) is 16.0 Å². The number of carboxylic acid groups (broad SMARTS) is 1. The van der Waals surface area contributed by atoms with E-state index in [1.54, 1.807) is 0 Å². The monoisotopic (exact) mass is 268 g/mol. The van der Waals surface area contributed by atoms with Gasteiger partial charge >= 0.3 is 5.97 Å². The summed E-state index contributed by atoms with van der Waals surface area (Å²) in [5, 5.41) is 30.0. The number of nitro benzene ring substituents is 1. The van der Waals surface area contributed by atoms with Crippen molar-refractivity contribution >= 4 is 17.6 Å². The van der Waals surface area contributed by atoms with Crippen molar-refractivity contribution in [1.82, 2.24) is 5.32 Å². The summed E-state index contributed by atoms with van der Waals surface area (Å²) in [6, 6.07) is 4.08. The second kappa shape index (κ2) is 6.45. The fourth-order valence-electron chi connectivity index (χ4n) is 1.40. The van der Waals surface area contributed by atoms with E-state index >= 15 is 0 Å². The molecule has 0 fully saturated rings. The van der Waals surface area contributed by atoms with Crippen LogP contribution in [0.25, 0.3) is 0 Å². The van der Waals surface area contributed by atoms with Gasteiger partial charge < -0.3 is 15.5 Å². The lowest BCUT2D eigenvalue weighted by Gasteiger charge is -2.11. The predicted molar refractivity (Wildman–Crippen MR) is 63.5 cm³/mol. The summed E-state index contributed by atoms with van der Waals surface area (Å²) >= 11 is 0. The summed E-state index contributed by atoms with van der Waals surface area (Å²) in [5.41, 5.74) is 0.232. The number of nitrogens with zero attached hydrogens (tertiary/aromatic N) is 1. The Morgan fingerprint density at radius 2 is 2.11 bits per heavy atom. The van der Waals surface area contributed by atoms with Crippen molar-refractivity contribution < 1.29 is 24.7 Å². The normalized spacial score (nSPS) is 11.6. The zero-order valence-electron chi connectivity index (χ0n) is 9.78. The van der Waals surface area contributed by atoms with Crippen molar-refractivity contribution in [3.8, 4) is 0 Å². The van der Waals surface area contributed by atoms with Crippen molar-refractivity contribution in [2.24, 2.45) is 0 Å². The Kier molecular flexibility index (Phi) is 4.95. The molecule has 19 heavy (non-hydrogen) atoms. The summed E-state index contributed by atoms with van der Waals surface area (Å²) in [4.78, 5) is 32.1. The van der Waals surface area contributed by atoms with Crippen LogP contribution in [0.5, 0.6) is 0 Å². The van der Waals surface area contributed by atoms with Crippen molar-refractivity contribution in [3.63, 3.8) is 0 Å². The minimum Gasteiger partial charge on any atom is -0.480 e. The number of aliphatic carboxylic acids is 1. The number of carboxylic acids is 1. The van der Waals surface area contributed by atoms with Gasteiger partial charge in [0.25, 0.3) is 5.69 Å². The molecule has 0 bridgehead atoms. The highest BCUT2D eigenvalue weighted by molar-refractivity contribution is 5.85. The molecule has 1 rings (SSSR count). The van der Waals surface area contributed by atoms with E-state index in [1.165, 1.54) is 24.3 Å². The van der Waals surface area contributed by atoms with Crippen molar-refractivity contribution in [2.75, 3.05) is 6.61 Å². The van der Waals surface area contributed by atoms with E-state index in [0.29, 0.717) is 5.56 Å². The second-order valence-corrected chi connectivity index (χ2v) is 3.74. The molecule has 0 aliphatic rings. The molecule has 0 aromatic heterocycles. The topological polar surface area (TPSA) is 130 Å². The lowest BCUT2D eigenvalue weighted by atomic mass is 10.1. The first-order valence-electron chi connectivity index (χ1n) is 5.30. The van der Waals surface area contributed by atoms with E-state index in [0.717, 1.165) is 0 Å². The summed E-state index contributed by atoms with van der Waals surface area (Å²) in [5.74, 6) is -1.99. The van der Waals surface area contributed by atoms with Gasteiger partial charge in [0.1, 0.15) is 6.04 Å². The van der Waals surface area contributed by atoms with Gasteiger partial charge in [-0.25, -0.2) is 4.79 Å². The number of carbonyl (C=O) groups is 2. The Labute approximate surface area is 107 Å². The Bertz CT molecular complexity index is 502. The number of hydrogen-bond donors (Lipinski definition) is 3. The lowest BCUT2D eigenvalue weighted by molar-refractivity contribution is -0.384. The highest BCUT2D eigenvalue weighted by Crippen LogP contribution is 2.13. The molecule has 8 heteroatoms. The maximum Gasteiger partial charge on any atom is 0.328 e. The minimum atomic E-state index is -1.38. The molecular formula is C11H12N2O6. The largest absolute Gasteiger partial charge is 0.480 e. The van der Waals surface area contributed by atoms with Crippen LogP contribution in [0.15, 0.2) is 24.3 Å². The van der Waals surface area contributed by atoms with E-state index in [4.69, 9.17) is 10.2 Å². The SMILES string of the molecule is O=C(Cc1cccc([N+](=O)[O-])c1)N[C@H](CO)C(=O)O. The molecule has 3 N–H and O–H groups in total. The summed E-state index contributed by atoms with van der Waals surface area (Å²) in [6.45, 7) is -0.726. The van der Waals surface area contributed by atoms with Crippen molar-refractivity contribution in [1.29, 1.82) is 0 Å². The van der Waals surface area contributed by atoms with Gasteiger partial charge in [-0.2, -0.15) is 0 Å². The van der Waals surface area contributed by atoms with E-state index in [1.807, 2.05) is 0 Å². The minimum absolute atomic E-state index is 0.151. The average molecular weight is 268 g/mol. The van der Waals surface area contributed by atoms with Gasteiger partial charge in [-0.05, 0) is 5.56 Å². The molecule has 0 radical (unpaired) electrons. The van der Waals surface area contributed by atoms with Gasteiger partial charge in [-0.3, -0.25) is 14.9 Å². The first-order valence-corrected chi connectivity index (χ1v) is 5.30. The quantitative estimate of drug-likeness (QED) is 0.479. The van der Waals surface area contributed by atoms with Crippen LogP contribution in [-0.4, -0.2) is 39.7 Å². The van der Waals surface area contributed by atoms with Gasteiger partial charge in [0.2, 0.25) is 5.91 Å². The number of hydrogen-bond acceptors (Lipinski definition) is 5. The first-order chi connectivity index (χ1) is 8.93. The molecule has 0 heterocycles. The highest BCUT2D eigenvalue weighted by Gasteiger charge is 2.19. The van der Waals surface area contributed by atoms with Crippen LogP contribution < -0.4 is 5.32 Å². The zero-order chi connectivity index (χ0) is 14.4. The molecular weight excluding hydrogens is 256 g/mol. The van der Waals surface area contributed by atoms with E-state index < -0.39 is 29.4 Å². The molecule has 0 aliphatic heterocycles. The van der Waals surface area contributed by atoms with Gasteiger partial charge in [0.05, 0.1) is 18.0 Å². The number of non-ortho nitro benzene ring substituents is 1. The van der Waals surface area contributed by atoms with Gasteiger partial charge in [0, 0.05) is 12.1 Å². The van der Waals surface area contributed by atoms with Gasteiger partial charge in [-0.15, -0.1) is 0 Å². The Morgan fingerprint density at radius 1 is 1.42 bits per heavy atom. The third-order valence-electron chi connectivity index (χ3n) is 2.30. The van der Waals surface area contributed by atoms with Crippen LogP contribution in [0.4, 0.5) is 5.69 Å². The summed E-state index contributed by atoms with van der Waals surface area (Å²) in [7, 11) is 0. The zero-order valence-corrected chi connectivity index (χ0v) is 9.78. The van der Waals surface area contributed by atoms with Crippen LogP contribution in [0.2, 0.25) is 0 Å². The number of aliphatic hydroxyl groups excluding tert-OH is 1. The Morgan fingerprint density at radius 3 is 2.63 bits per heavy atom. The van der Waals surface area contributed by atoms with Crippen LogP contribution >= 0.6 is 0 Å². The van der Waals surface area contributed by atoms with Crippen LogP contribution in [0.3, 0.4) is 0 Å². The third-order valence-corrected chi connectivity index (χ3v) is 2.30. The molecule has 0 spiro atoms. The fraction of sp³-hybridized carbons (Fsp3) is 0.273. The van der Waals surface area contributed by atoms with E-state index in [9.17, 15) is 19.7 Å². The fourth-order valence-corrected chi connectivity index (χ4v) is 1.40. The molecule has 1 atom stereocenters. The standard InChI is InChI=1S/C11H12N2O6/c14-6-9(11(16)17)12-10(15)5-7-2-1-3-8(4-7)13(18)19/h1-4,9,14H,5-6H2,(H,12,15)(H,16,17)/t9-/m1/s1. The van der Waals surface area contributed by atoms with E-state index in [-0.39, 0.29) is 12.1 Å². The molecule has 1 amide bonds. The van der Waals surface area contributed by atoms with Crippen LogP contribution in [0.1, 0.15) is 5.56 Å². The lowest BCUT2D eigenvalue weighted by Crippen LogP contribution is -2.43. The average Bonchev–Trinajstić information content (AvgIpc) is 2.35. The molecule has 0 aliphatic carbocycles. The number of amides is 1. The summed E-state index contributed by atoms with van der Waals surface area (Å²) < 4.78 is 0. The van der Waals surface area contributed by atoms with Gasteiger partial charge in [-0.1, -0.05) is 12.1 Å². The molecule has 0 unspecified atom stereocenters. The van der Waals surface area contributed by atoms with Crippen molar-refractivity contribution in [3.05, 3.63) is 39.9 Å². The molecule has 0 saturated carbocycles. The number of nitro groups is 1. The van der Waals surface area contributed by atoms with E-state index in [2.05, 4.69) is 5.32 Å². The first kappa shape index (κ1) is 14.6. The molecule has 0 saturated heterocycles.